The zero-order valence-electron chi connectivity index (χ0n) is 18.3. The van der Waals surface area contributed by atoms with Crippen molar-refractivity contribution in [1.82, 2.24) is 5.32 Å². The highest BCUT2D eigenvalue weighted by atomic mass is 16.1. The van der Waals surface area contributed by atoms with Crippen molar-refractivity contribution < 1.29 is 4.79 Å². The Hall–Kier alpha value is -1.31. The van der Waals surface area contributed by atoms with E-state index in [4.69, 9.17) is 0 Å². The van der Waals surface area contributed by atoms with Gasteiger partial charge in [0.2, 0.25) is 5.91 Å². The molecule has 2 nitrogen and oxygen atoms in total. The lowest BCUT2D eigenvalue weighted by atomic mass is 9.42. The summed E-state index contributed by atoms with van der Waals surface area (Å²) in [6, 6.07) is 5.15. The first-order chi connectivity index (χ1) is 12.5. The van der Waals surface area contributed by atoms with Crippen LogP contribution in [0.1, 0.15) is 82.6 Å². The quantitative estimate of drug-likeness (QED) is 0.700. The van der Waals surface area contributed by atoms with Crippen LogP contribution in [0.3, 0.4) is 0 Å². The molecule has 0 spiro atoms. The van der Waals surface area contributed by atoms with E-state index in [0.29, 0.717) is 22.8 Å². The monoisotopic (exact) mass is 367 g/mol. The molecule has 0 saturated heterocycles. The second kappa shape index (κ2) is 5.84. The largest absolute Gasteiger partial charge is 0.353 e. The normalized spacial score (nSPS) is 39.3. The summed E-state index contributed by atoms with van der Waals surface area (Å²) in [5.41, 5.74) is 7.01. The van der Waals surface area contributed by atoms with E-state index in [1.807, 2.05) is 0 Å². The van der Waals surface area contributed by atoms with Crippen LogP contribution < -0.4 is 5.32 Å². The molecule has 0 aliphatic heterocycles. The summed E-state index contributed by atoms with van der Waals surface area (Å²) in [6.45, 7) is 16.2. The van der Waals surface area contributed by atoms with Crippen LogP contribution in [0, 0.1) is 36.5 Å². The summed E-state index contributed by atoms with van der Waals surface area (Å²) in [4.78, 5) is 11.8. The predicted molar refractivity (Wildman–Crippen MR) is 112 cm³/mol. The molecular weight excluding hydrogens is 330 g/mol. The van der Waals surface area contributed by atoms with Crippen molar-refractivity contribution in [2.75, 3.05) is 0 Å². The van der Waals surface area contributed by atoms with E-state index in [9.17, 15) is 4.79 Å². The first-order valence-electron chi connectivity index (χ1n) is 10.9. The number of aryl methyl sites for hydroxylation is 2. The van der Waals surface area contributed by atoms with Crippen molar-refractivity contribution in [3.05, 3.63) is 34.4 Å². The molecule has 3 aliphatic carbocycles. The second-order valence-corrected chi connectivity index (χ2v) is 11.0. The van der Waals surface area contributed by atoms with E-state index in [2.05, 4.69) is 59.0 Å². The fourth-order valence-electron chi connectivity index (χ4n) is 8.07. The molecule has 1 N–H and O–H groups in total. The van der Waals surface area contributed by atoms with E-state index < -0.39 is 0 Å². The maximum Gasteiger partial charge on any atom is 0.217 e. The van der Waals surface area contributed by atoms with Gasteiger partial charge in [-0.3, -0.25) is 4.79 Å². The molecule has 2 saturated carbocycles. The van der Waals surface area contributed by atoms with Gasteiger partial charge in [-0.2, -0.15) is 0 Å². The summed E-state index contributed by atoms with van der Waals surface area (Å²) in [5, 5.41) is 3.29. The van der Waals surface area contributed by atoms with Crippen LogP contribution in [0.2, 0.25) is 0 Å². The first kappa shape index (κ1) is 19.0. The standard InChI is InChI=1S/C25H37NO/c1-15-12-16(2)22-18(13-15)14-20-24(6)11-9-21(26-17(3)27)23(4,5)19(24)8-10-25(20,22)7/h12-13,19-21H,8-11,14H2,1-7H3,(H,26,27). The molecule has 0 heterocycles. The smallest absolute Gasteiger partial charge is 0.217 e. The van der Waals surface area contributed by atoms with Gasteiger partial charge in [-0.15, -0.1) is 0 Å². The van der Waals surface area contributed by atoms with Crippen molar-refractivity contribution >= 4 is 5.91 Å². The van der Waals surface area contributed by atoms with Crippen LogP contribution in [0.25, 0.3) is 0 Å². The molecule has 2 fully saturated rings. The van der Waals surface area contributed by atoms with Crippen molar-refractivity contribution in [2.45, 2.75) is 92.0 Å². The summed E-state index contributed by atoms with van der Waals surface area (Å²) in [7, 11) is 0. The summed E-state index contributed by atoms with van der Waals surface area (Å²) < 4.78 is 0. The minimum absolute atomic E-state index is 0.122. The van der Waals surface area contributed by atoms with Gasteiger partial charge < -0.3 is 5.32 Å². The van der Waals surface area contributed by atoms with Gasteiger partial charge in [-0.25, -0.2) is 0 Å². The zero-order chi connectivity index (χ0) is 19.8. The molecule has 2 heteroatoms. The van der Waals surface area contributed by atoms with Gasteiger partial charge in [0.05, 0.1) is 0 Å². The van der Waals surface area contributed by atoms with Crippen molar-refractivity contribution in [2.24, 2.45) is 22.7 Å². The Kier molecular flexibility index (Phi) is 4.12. The third-order valence-corrected chi connectivity index (χ3v) is 9.02. The average molecular weight is 368 g/mol. The molecule has 1 aromatic rings. The highest BCUT2D eigenvalue weighted by molar-refractivity contribution is 5.73. The first-order valence-corrected chi connectivity index (χ1v) is 10.9. The number of hydrogen-bond acceptors (Lipinski definition) is 1. The Morgan fingerprint density at radius 1 is 1.04 bits per heavy atom. The number of amides is 1. The number of carbonyl (C=O) groups is 1. The Morgan fingerprint density at radius 2 is 1.74 bits per heavy atom. The van der Waals surface area contributed by atoms with Crippen LogP contribution in [0.15, 0.2) is 12.1 Å². The van der Waals surface area contributed by atoms with Crippen molar-refractivity contribution in [1.29, 1.82) is 0 Å². The lowest BCUT2D eigenvalue weighted by molar-refractivity contribution is -0.131. The van der Waals surface area contributed by atoms with Crippen molar-refractivity contribution in [3.63, 3.8) is 0 Å². The molecular formula is C25H37NO. The topological polar surface area (TPSA) is 29.1 Å². The number of benzene rings is 1. The molecule has 3 aliphatic rings. The van der Waals surface area contributed by atoms with Gasteiger partial charge in [-0.1, -0.05) is 45.4 Å². The second-order valence-electron chi connectivity index (χ2n) is 11.0. The maximum absolute atomic E-state index is 11.8. The Bertz CT molecular complexity index is 794. The number of fused-ring (bicyclic) bond motifs is 5. The lowest BCUT2D eigenvalue weighted by Gasteiger charge is -2.63. The van der Waals surface area contributed by atoms with Crippen LogP contribution in [0.5, 0.6) is 0 Å². The van der Waals surface area contributed by atoms with Gasteiger partial charge in [0.15, 0.2) is 0 Å². The minimum Gasteiger partial charge on any atom is -0.353 e. The van der Waals surface area contributed by atoms with E-state index >= 15 is 0 Å². The molecule has 1 aromatic carbocycles. The van der Waals surface area contributed by atoms with Gasteiger partial charge >= 0.3 is 0 Å². The lowest BCUT2D eigenvalue weighted by Crippen LogP contribution is -2.61. The molecule has 27 heavy (non-hydrogen) atoms. The van der Waals surface area contributed by atoms with Gasteiger partial charge in [-0.05, 0) is 90.7 Å². The van der Waals surface area contributed by atoms with Crippen LogP contribution in [-0.2, 0) is 16.6 Å². The number of carbonyl (C=O) groups excluding carboxylic acids is 1. The Morgan fingerprint density at radius 3 is 2.41 bits per heavy atom. The molecule has 5 unspecified atom stereocenters. The van der Waals surface area contributed by atoms with Gasteiger partial charge in [0.25, 0.3) is 0 Å². The average Bonchev–Trinajstić information content (AvgIpc) is 2.84. The predicted octanol–water partition coefficient (Wildman–Crippen LogP) is 5.47. The highest BCUT2D eigenvalue weighted by Gasteiger charge is 2.62. The van der Waals surface area contributed by atoms with E-state index in [-0.39, 0.29) is 11.3 Å². The summed E-state index contributed by atoms with van der Waals surface area (Å²) >= 11 is 0. The Balaban J connectivity index is 1.75. The number of nitrogens with one attached hydrogen (secondary N) is 1. The summed E-state index contributed by atoms with van der Waals surface area (Å²) in [6.07, 6.45) is 6.14. The minimum atomic E-state index is 0.122. The van der Waals surface area contributed by atoms with E-state index in [0.717, 1.165) is 12.3 Å². The van der Waals surface area contributed by atoms with Crippen molar-refractivity contribution in [3.8, 4) is 0 Å². The molecule has 4 rings (SSSR count). The zero-order valence-corrected chi connectivity index (χ0v) is 18.3. The maximum atomic E-state index is 11.8. The molecule has 5 atom stereocenters. The third-order valence-electron chi connectivity index (χ3n) is 9.02. The van der Waals surface area contributed by atoms with Gasteiger partial charge in [0.1, 0.15) is 0 Å². The molecule has 0 radical (unpaired) electrons. The fraction of sp³-hybridized carbons (Fsp3) is 0.720. The third kappa shape index (κ3) is 2.54. The van der Waals surface area contributed by atoms with E-state index in [1.165, 1.54) is 36.8 Å². The fourth-order valence-corrected chi connectivity index (χ4v) is 8.07. The molecule has 1 amide bonds. The van der Waals surface area contributed by atoms with Crippen LogP contribution in [0.4, 0.5) is 0 Å². The number of hydrogen-bond donors (Lipinski definition) is 1. The highest BCUT2D eigenvalue weighted by Crippen LogP contribution is 2.67. The molecule has 0 aromatic heterocycles. The Labute approximate surface area is 165 Å². The molecule has 148 valence electrons. The van der Waals surface area contributed by atoms with E-state index in [1.54, 1.807) is 18.1 Å². The SMILES string of the molecule is CC(=O)NC1CCC2(C)C3Cc4cc(C)cc(C)c4C3(C)CCC2C1(C)C. The van der Waals surface area contributed by atoms with Crippen LogP contribution in [-0.4, -0.2) is 11.9 Å². The van der Waals surface area contributed by atoms with Gasteiger partial charge in [0, 0.05) is 13.0 Å². The molecule has 0 bridgehead atoms. The summed E-state index contributed by atoms with van der Waals surface area (Å²) in [5.74, 6) is 1.51. The van der Waals surface area contributed by atoms with Crippen LogP contribution >= 0.6 is 0 Å². The number of rotatable bonds is 1.